The Morgan fingerprint density at radius 3 is 2.43 bits per heavy atom. The summed E-state index contributed by atoms with van der Waals surface area (Å²) in [5, 5.41) is 2.68. The van der Waals surface area contributed by atoms with Crippen LogP contribution in [0.5, 0.6) is 0 Å². The van der Waals surface area contributed by atoms with Crippen LogP contribution in [-0.4, -0.2) is 25.0 Å². The molecule has 0 spiro atoms. The van der Waals surface area contributed by atoms with Crippen molar-refractivity contribution in [1.29, 1.82) is 0 Å². The third-order valence-electron chi connectivity index (χ3n) is 1.76. The summed E-state index contributed by atoms with van der Waals surface area (Å²) in [4.78, 5) is 12.6. The molecule has 0 aliphatic heterocycles. The maximum atomic E-state index is 12.5. The van der Waals surface area contributed by atoms with E-state index in [1.54, 1.807) is 26.2 Å². The molecular formula is C10H13FN2O. The molecule has 2 amide bonds. The van der Waals surface area contributed by atoms with Crippen LogP contribution in [0.15, 0.2) is 24.3 Å². The molecule has 0 unspecified atom stereocenters. The topological polar surface area (TPSA) is 32.3 Å². The van der Waals surface area contributed by atoms with Crippen LogP contribution in [0.4, 0.5) is 9.18 Å². The molecule has 0 bridgehead atoms. The number of benzene rings is 1. The van der Waals surface area contributed by atoms with Gasteiger partial charge in [-0.1, -0.05) is 12.1 Å². The lowest BCUT2D eigenvalue weighted by Gasteiger charge is -2.11. The van der Waals surface area contributed by atoms with Crippen LogP contribution in [-0.2, 0) is 6.54 Å². The summed E-state index contributed by atoms with van der Waals surface area (Å²) in [7, 11) is 3.33. The number of hydrogen-bond donors (Lipinski definition) is 1. The summed E-state index contributed by atoms with van der Waals surface area (Å²) in [5.74, 6) is -0.271. The minimum Gasteiger partial charge on any atom is -0.334 e. The van der Waals surface area contributed by atoms with E-state index in [4.69, 9.17) is 0 Å². The number of rotatable bonds is 2. The van der Waals surface area contributed by atoms with Crippen LogP contribution in [0.25, 0.3) is 0 Å². The van der Waals surface area contributed by atoms with Crippen molar-refractivity contribution >= 4 is 6.03 Å². The Labute approximate surface area is 82.5 Å². The highest BCUT2D eigenvalue weighted by atomic mass is 19.1. The molecule has 0 fully saturated rings. The van der Waals surface area contributed by atoms with Gasteiger partial charge in [0, 0.05) is 20.6 Å². The van der Waals surface area contributed by atoms with Crippen LogP contribution in [0, 0.1) is 5.82 Å². The molecule has 0 radical (unpaired) electrons. The molecule has 0 aliphatic rings. The van der Waals surface area contributed by atoms with Gasteiger partial charge in [-0.15, -0.1) is 0 Å². The molecule has 1 rings (SSSR count). The molecule has 3 nitrogen and oxygen atoms in total. The second kappa shape index (κ2) is 4.60. The van der Waals surface area contributed by atoms with Crippen molar-refractivity contribution in [2.45, 2.75) is 6.54 Å². The first-order chi connectivity index (χ1) is 6.59. The van der Waals surface area contributed by atoms with Crippen LogP contribution in [0.2, 0.25) is 0 Å². The Morgan fingerprint density at radius 2 is 1.93 bits per heavy atom. The number of amides is 2. The summed E-state index contributed by atoms with van der Waals surface area (Å²) >= 11 is 0. The Morgan fingerprint density at radius 1 is 1.36 bits per heavy atom. The first kappa shape index (κ1) is 10.5. The number of carbonyl (C=O) groups excluding carboxylic acids is 1. The molecular weight excluding hydrogens is 183 g/mol. The third kappa shape index (κ3) is 3.05. The van der Waals surface area contributed by atoms with E-state index < -0.39 is 0 Å². The number of hydrogen-bond acceptors (Lipinski definition) is 1. The summed E-state index contributed by atoms with van der Waals surface area (Å²) in [5.41, 5.74) is 0.876. The van der Waals surface area contributed by atoms with E-state index in [0.717, 1.165) is 5.56 Å². The zero-order valence-electron chi connectivity index (χ0n) is 8.25. The highest BCUT2D eigenvalue weighted by Gasteiger charge is 2.01. The fraction of sp³-hybridized carbons (Fsp3) is 0.300. The number of urea groups is 1. The van der Waals surface area contributed by atoms with E-state index in [1.165, 1.54) is 17.0 Å². The monoisotopic (exact) mass is 196 g/mol. The van der Waals surface area contributed by atoms with Crippen LogP contribution in [0.1, 0.15) is 5.56 Å². The van der Waals surface area contributed by atoms with Crippen molar-refractivity contribution in [1.82, 2.24) is 10.2 Å². The predicted molar refractivity (Wildman–Crippen MR) is 52.3 cm³/mol. The molecule has 0 heterocycles. The molecule has 1 aromatic carbocycles. The summed E-state index contributed by atoms with van der Waals surface area (Å²) < 4.78 is 12.5. The molecule has 1 aromatic rings. The molecule has 4 heteroatoms. The highest BCUT2D eigenvalue weighted by Crippen LogP contribution is 2.01. The predicted octanol–water partition coefficient (Wildman–Crippen LogP) is 1.60. The molecule has 0 aliphatic carbocycles. The van der Waals surface area contributed by atoms with E-state index in [2.05, 4.69) is 5.32 Å². The van der Waals surface area contributed by atoms with Gasteiger partial charge >= 0.3 is 6.03 Å². The lowest BCUT2D eigenvalue weighted by atomic mass is 10.2. The minimum atomic E-state index is -0.271. The van der Waals surface area contributed by atoms with Crippen molar-refractivity contribution in [3.8, 4) is 0 Å². The van der Waals surface area contributed by atoms with Gasteiger partial charge in [0.05, 0.1) is 0 Å². The van der Waals surface area contributed by atoms with E-state index in [-0.39, 0.29) is 11.8 Å². The van der Waals surface area contributed by atoms with Gasteiger partial charge in [-0.2, -0.15) is 0 Å². The van der Waals surface area contributed by atoms with Crippen LogP contribution >= 0.6 is 0 Å². The van der Waals surface area contributed by atoms with E-state index in [1.807, 2.05) is 0 Å². The zero-order chi connectivity index (χ0) is 10.6. The second-order valence-corrected chi connectivity index (χ2v) is 3.18. The Hall–Kier alpha value is -1.58. The lowest BCUT2D eigenvalue weighted by Crippen LogP contribution is -2.33. The van der Waals surface area contributed by atoms with Crippen molar-refractivity contribution in [2.24, 2.45) is 0 Å². The Bertz CT molecular complexity index is 308. The van der Waals surface area contributed by atoms with Gasteiger partial charge in [0.1, 0.15) is 5.82 Å². The smallest absolute Gasteiger partial charge is 0.317 e. The van der Waals surface area contributed by atoms with Gasteiger partial charge in [0.25, 0.3) is 0 Å². The average Bonchev–Trinajstić information content (AvgIpc) is 2.16. The maximum absolute atomic E-state index is 12.5. The number of nitrogens with one attached hydrogen (secondary N) is 1. The lowest BCUT2D eigenvalue weighted by molar-refractivity contribution is 0.217. The summed E-state index contributed by atoms with van der Waals surface area (Å²) in [6, 6.07) is 5.87. The fourth-order valence-electron chi connectivity index (χ4n) is 0.938. The molecule has 0 atom stereocenters. The SMILES string of the molecule is CN(C)C(=O)NCc1ccc(F)cc1. The molecule has 0 saturated carbocycles. The molecule has 0 saturated heterocycles. The number of carbonyl (C=O) groups is 1. The van der Waals surface area contributed by atoms with Gasteiger partial charge in [0.2, 0.25) is 0 Å². The van der Waals surface area contributed by atoms with Crippen LogP contribution < -0.4 is 5.32 Å². The first-order valence-electron chi connectivity index (χ1n) is 4.29. The minimum absolute atomic E-state index is 0.158. The molecule has 14 heavy (non-hydrogen) atoms. The van der Waals surface area contributed by atoms with E-state index >= 15 is 0 Å². The number of nitrogens with zero attached hydrogens (tertiary/aromatic N) is 1. The summed E-state index contributed by atoms with van der Waals surface area (Å²) in [6.07, 6.45) is 0. The molecule has 0 aromatic heterocycles. The third-order valence-corrected chi connectivity index (χ3v) is 1.76. The number of halogens is 1. The average molecular weight is 196 g/mol. The fourth-order valence-corrected chi connectivity index (χ4v) is 0.938. The zero-order valence-corrected chi connectivity index (χ0v) is 8.25. The second-order valence-electron chi connectivity index (χ2n) is 3.18. The van der Waals surface area contributed by atoms with Gasteiger partial charge in [-0.05, 0) is 17.7 Å². The summed E-state index contributed by atoms with van der Waals surface area (Å²) in [6.45, 7) is 0.414. The van der Waals surface area contributed by atoms with Crippen molar-refractivity contribution < 1.29 is 9.18 Å². The van der Waals surface area contributed by atoms with Gasteiger partial charge in [0.15, 0.2) is 0 Å². The molecule has 76 valence electrons. The normalized spacial score (nSPS) is 9.64. The van der Waals surface area contributed by atoms with Crippen LogP contribution in [0.3, 0.4) is 0 Å². The Kier molecular flexibility index (Phi) is 3.45. The van der Waals surface area contributed by atoms with Crippen molar-refractivity contribution in [2.75, 3.05) is 14.1 Å². The van der Waals surface area contributed by atoms with Gasteiger partial charge < -0.3 is 10.2 Å². The largest absolute Gasteiger partial charge is 0.334 e. The standard InChI is InChI=1S/C10H13FN2O/c1-13(2)10(14)12-7-8-3-5-9(11)6-4-8/h3-6H,7H2,1-2H3,(H,12,14). The van der Waals surface area contributed by atoms with E-state index in [9.17, 15) is 9.18 Å². The van der Waals surface area contributed by atoms with Crippen molar-refractivity contribution in [3.63, 3.8) is 0 Å². The van der Waals surface area contributed by atoms with Gasteiger partial charge in [-0.25, -0.2) is 9.18 Å². The van der Waals surface area contributed by atoms with E-state index in [0.29, 0.717) is 6.54 Å². The Balaban J connectivity index is 2.46. The molecule has 1 N–H and O–H groups in total. The first-order valence-corrected chi connectivity index (χ1v) is 4.29. The highest BCUT2D eigenvalue weighted by molar-refractivity contribution is 5.73. The van der Waals surface area contributed by atoms with Crippen molar-refractivity contribution in [3.05, 3.63) is 35.6 Å². The quantitative estimate of drug-likeness (QED) is 0.765. The van der Waals surface area contributed by atoms with Gasteiger partial charge in [-0.3, -0.25) is 0 Å². The maximum Gasteiger partial charge on any atom is 0.317 e.